The lowest BCUT2D eigenvalue weighted by Gasteiger charge is -2.28. The molecule has 1 amide bonds. The highest BCUT2D eigenvalue weighted by molar-refractivity contribution is 5.93. The van der Waals surface area contributed by atoms with Crippen molar-refractivity contribution in [2.24, 2.45) is 5.92 Å². The van der Waals surface area contributed by atoms with Gasteiger partial charge in [0.15, 0.2) is 0 Å². The first-order valence-corrected chi connectivity index (χ1v) is 7.35. The number of carbonyl (C=O) groups excluding carboxylic acids is 1. The van der Waals surface area contributed by atoms with E-state index < -0.39 is 0 Å². The molecule has 0 spiro atoms. The number of carbonyl (C=O) groups is 1. The SMILES string of the molecule is O=C1CCc2cc(C(O)C3CCCCC3)ccc2N1. The molecule has 0 radical (unpaired) electrons. The molecule has 1 aliphatic heterocycles. The van der Waals surface area contributed by atoms with Crippen LogP contribution in [0.2, 0.25) is 0 Å². The van der Waals surface area contributed by atoms with Crippen molar-refractivity contribution >= 4 is 11.6 Å². The van der Waals surface area contributed by atoms with Crippen LogP contribution in [0.25, 0.3) is 0 Å². The van der Waals surface area contributed by atoms with Crippen LogP contribution in [0.1, 0.15) is 55.8 Å². The molecule has 1 fully saturated rings. The Labute approximate surface area is 114 Å². The van der Waals surface area contributed by atoms with Crippen LogP contribution >= 0.6 is 0 Å². The Morgan fingerprint density at radius 2 is 1.95 bits per heavy atom. The molecule has 2 aliphatic rings. The van der Waals surface area contributed by atoms with Crippen LogP contribution in [0, 0.1) is 5.92 Å². The Kier molecular flexibility index (Phi) is 3.56. The smallest absolute Gasteiger partial charge is 0.224 e. The summed E-state index contributed by atoms with van der Waals surface area (Å²) in [5, 5.41) is 13.4. The molecule has 3 nitrogen and oxygen atoms in total. The van der Waals surface area contributed by atoms with Crippen molar-refractivity contribution in [2.45, 2.75) is 51.0 Å². The third-order valence-corrected chi connectivity index (χ3v) is 4.46. The molecule has 3 rings (SSSR count). The average molecular weight is 259 g/mol. The summed E-state index contributed by atoms with van der Waals surface area (Å²) in [6, 6.07) is 5.98. The number of amides is 1. The first-order chi connectivity index (χ1) is 9.24. The normalized spacial score (nSPS) is 21.6. The van der Waals surface area contributed by atoms with E-state index in [1.165, 1.54) is 19.3 Å². The van der Waals surface area contributed by atoms with Gasteiger partial charge in [-0.15, -0.1) is 0 Å². The Morgan fingerprint density at radius 1 is 1.16 bits per heavy atom. The first kappa shape index (κ1) is 12.7. The molecule has 0 aromatic heterocycles. The van der Waals surface area contributed by atoms with E-state index in [9.17, 15) is 9.90 Å². The van der Waals surface area contributed by atoms with E-state index in [0.29, 0.717) is 12.3 Å². The summed E-state index contributed by atoms with van der Waals surface area (Å²) in [4.78, 5) is 11.3. The van der Waals surface area contributed by atoms with Crippen molar-refractivity contribution in [1.29, 1.82) is 0 Å². The van der Waals surface area contributed by atoms with Crippen molar-refractivity contribution < 1.29 is 9.90 Å². The van der Waals surface area contributed by atoms with Gasteiger partial charge in [-0.05, 0) is 42.4 Å². The van der Waals surface area contributed by atoms with Gasteiger partial charge in [0.1, 0.15) is 0 Å². The molecule has 1 unspecified atom stereocenters. The van der Waals surface area contributed by atoms with Gasteiger partial charge in [0, 0.05) is 12.1 Å². The van der Waals surface area contributed by atoms with Crippen molar-refractivity contribution in [3.05, 3.63) is 29.3 Å². The molecule has 1 heterocycles. The Morgan fingerprint density at radius 3 is 2.74 bits per heavy atom. The maximum atomic E-state index is 11.3. The molecule has 1 aliphatic carbocycles. The van der Waals surface area contributed by atoms with Gasteiger partial charge in [0.05, 0.1) is 6.10 Å². The van der Waals surface area contributed by atoms with Crippen LogP contribution in [-0.4, -0.2) is 11.0 Å². The summed E-state index contributed by atoms with van der Waals surface area (Å²) >= 11 is 0. The van der Waals surface area contributed by atoms with E-state index in [4.69, 9.17) is 0 Å². The fourth-order valence-corrected chi connectivity index (χ4v) is 3.31. The van der Waals surface area contributed by atoms with Gasteiger partial charge >= 0.3 is 0 Å². The largest absolute Gasteiger partial charge is 0.388 e. The predicted octanol–water partition coefficient (Wildman–Crippen LogP) is 3.19. The van der Waals surface area contributed by atoms with Crippen LogP contribution in [0.15, 0.2) is 18.2 Å². The molecule has 1 atom stereocenters. The van der Waals surface area contributed by atoms with Crippen molar-refractivity contribution in [1.82, 2.24) is 0 Å². The molecule has 19 heavy (non-hydrogen) atoms. The fraction of sp³-hybridized carbons (Fsp3) is 0.562. The first-order valence-electron chi connectivity index (χ1n) is 7.35. The molecule has 1 aromatic carbocycles. The number of aliphatic hydroxyl groups is 1. The van der Waals surface area contributed by atoms with Crippen molar-refractivity contribution in [2.75, 3.05) is 5.32 Å². The summed E-state index contributed by atoms with van der Waals surface area (Å²) in [6.07, 6.45) is 7.04. The van der Waals surface area contributed by atoms with E-state index in [0.717, 1.165) is 36.1 Å². The standard InChI is InChI=1S/C16H21NO2/c18-15-9-7-12-10-13(6-8-14(12)17-15)16(19)11-4-2-1-3-5-11/h6,8,10-11,16,19H,1-5,7,9H2,(H,17,18). The Hall–Kier alpha value is -1.35. The summed E-state index contributed by atoms with van der Waals surface area (Å²) in [5.41, 5.74) is 3.09. The second-order valence-electron chi connectivity index (χ2n) is 5.81. The number of nitrogens with one attached hydrogen (secondary N) is 1. The number of aryl methyl sites for hydroxylation is 1. The van der Waals surface area contributed by atoms with Gasteiger partial charge < -0.3 is 10.4 Å². The van der Waals surface area contributed by atoms with Crippen LogP contribution in [-0.2, 0) is 11.2 Å². The molecule has 1 saturated carbocycles. The molecule has 0 saturated heterocycles. The molecule has 3 heteroatoms. The fourth-order valence-electron chi connectivity index (χ4n) is 3.31. The zero-order valence-corrected chi connectivity index (χ0v) is 11.2. The van der Waals surface area contributed by atoms with Gasteiger partial charge in [-0.25, -0.2) is 0 Å². The van der Waals surface area contributed by atoms with Gasteiger partial charge in [0.2, 0.25) is 5.91 Å². The lowest BCUT2D eigenvalue weighted by atomic mass is 9.82. The van der Waals surface area contributed by atoms with E-state index >= 15 is 0 Å². The molecule has 1 aromatic rings. The minimum Gasteiger partial charge on any atom is -0.388 e. The van der Waals surface area contributed by atoms with E-state index in [2.05, 4.69) is 11.4 Å². The maximum Gasteiger partial charge on any atom is 0.224 e. The number of hydrogen-bond acceptors (Lipinski definition) is 2. The number of benzene rings is 1. The second kappa shape index (κ2) is 5.33. The Bertz CT molecular complexity index is 478. The zero-order valence-electron chi connectivity index (χ0n) is 11.2. The summed E-state index contributed by atoms with van der Waals surface area (Å²) in [7, 11) is 0. The summed E-state index contributed by atoms with van der Waals surface area (Å²) < 4.78 is 0. The molecule has 102 valence electrons. The summed E-state index contributed by atoms with van der Waals surface area (Å²) in [6.45, 7) is 0. The molecule has 2 N–H and O–H groups in total. The lowest BCUT2D eigenvalue weighted by molar-refractivity contribution is -0.116. The topological polar surface area (TPSA) is 49.3 Å². The number of rotatable bonds is 2. The van der Waals surface area contributed by atoms with Gasteiger partial charge in [0.25, 0.3) is 0 Å². The number of aliphatic hydroxyl groups excluding tert-OH is 1. The van der Waals surface area contributed by atoms with E-state index in [1.807, 2.05) is 12.1 Å². The maximum absolute atomic E-state index is 11.3. The Balaban J connectivity index is 1.79. The highest BCUT2D eigenvalue weighted by atomic mass is 16.3. The number of hydrogen-bond donors (Lipinski definition) is 2. The van der Waals surface area contributed by atoms with E-state index in [1.54, 1.807) is 0 Å². The van der Waals surface area contributed by atoms with Crippen molar-refractivity contribution in [3.8, 4) is 0 Å². The monoisotopic (exact) mass is 259 g/mol. The van der Waals surface area contributed by atoms with Gasteiger partial charge in [-0.3, -0.25) is 4.79 Å². The van der Waals surface area contributed by atoms with Crippen molar-refractivity contribution in [3.63, 3.8) is 0 Å². The van der Waals surface area contributed by atoms with Gasteiger partial charge in [-0.1, -0.05) is 31.4 Å². The quantitative estimate of drug-likeness (QED) is 0.857. The number of fused-ring (bicyclic) bond motifs is 1. The van der Waals surface area contributed by atoms with Crippen LogP contribution in [0.4, 0.5) is 5.69 Å². The molecular formula is C16H21NO2. The minimum absolute atomic E-state index is 0.0908. The van der Waals surface area contributed by atoms with E-state index in [-0.39, 0.29) is 12.0 Å². The zero-order chi connectivity index (χ0) is 13.2. The van der Waals surface area contributed by atoms with Crippen LogP contribution in [0.3, 0.4) is 0 Å². The van der Waals surface area contributed by atoms with Gasteiger partial charge in [-0.2, -0.15) is 0 Å². The third-order valence-electron chi connectivity index (χ3n) is 4.46. The summed E-state index contributed by atoms with van der Waals surface area (Å²) in [5.74, 6) is 0.498. The highest BCUT2D eigenvalue weighted by Crippen LogP contribution is 2.36. The predicted molar refractivity (Wildman–Crippen MR) is 74.9 cm³/mol. The number of anilines is 1. The highest BCUT2D eigenvalue weighted by Gasteiger charge is 2.24. The van der Waals surface area contributed by atoms with Crippen LogP contribution < -0.4 is 5.32 Å². The average Bonchev–Trinajstić information content (AvgIpc) is 2.47. The minimum atomic E-state index is -0.344. The van der Waals surface area contributed by atoms with Crippen LogP contribution in [0.5, 0.6) is 0 Å². The lowest BCUT2D eigenvalue weighted by Crippen LogP contribution is -2.20. The third kappa shape index (κ3) is 2.66. The second-order valence-corrected chi connectivity index (χ2v) is 5.81. The molecular weight excluding hydrogens is 238 g/mol. The molecule has 0 bridgehead atoms.